The lowest BCUT2D eigenvalue weighted by Gasteiger charge is -2.09. The van der Waals surface area contributed by atoms with Crippen LogP contribution >= 0.6 is 0 Å². The molecule has 0 aliphatic carbocycles. The van der Waals surface area contributed by atoms with Crippen LogP contribution in [0.1, 0.15) is 17.5 Å². The standard InChI is InChI=1S/C27H16F6N2/c1-2-3-4-16-14-34-26(35-15-16)18-6-7-20(23(28)12-18)17-5-8-21-19(11-17)13-24(29)22(25(21)30)9-10-27(31,32)33/h2,5-8,11-15H,1,3-4H2. The van der Waals surface area contributed by atoms with Crippen molar-refractivity contribution in [2.45, 2.75) is 19.0 Å². The van der Waals surface area contributed by atoms with Gasteiger partial charge in [0.25, 0.3) is 0 Å². The van der Waals surface area contributed by atoms with Crippen molar-refractivity contribution in [2.24, 2.45) is 0 Å². The Bertz CT molecular complexity index is 1480. The molecule has 4 rings (SSSR count). The minimum atomic E-state index is -4.89. The number of hydrogen-bond donors (Lipinski definition) is 0. The Balaban J connectivity index is 1.67. The van der Waals surface area contributed by atoms with E-state index >= 15 is 0 Å². The molecule has 0 aliphatic heterocycles. The number of hydrogen-bond acceptors (Lipinski definition) is 2. The molecule has 0 atom stereocenters. The van der Waals surface area contributed by atoms with Crippen LogP contribution in [0.15, 0.2) is 67.5 Å². The largest absolute Gasteiger partial charge is 0.458 e. The van der Waals surface area contributed by atoms with Gasteiger partial charge in [-0.25, -0.2) is 23.1 Å². The van der Waals surface area contributed by atoms with Gasteiger partial charge in [0, 0.05) is 34.8 Å². The first kappa shape index (κ1) is 24.0. The van der Waals surface area contributed by atoms with Crippen LogP contribution in [0, 0.1) is 29.3 Å². The second kappa shape index (κ2) is 9.63. The van der Waals surface area contributed by atoms with Gasteiger partial charge >= 0.3 is 6.18 Å². The predicted octanol–water partition coefficient (Wildman–Crippen LogP) is 7.41. The maximum absolute atomic E-state index is 15.0. The lowest BCUT2D eigenvalue weighted by atomic mass is 9.98. The highest BCUT2D eigenvalue weighted by atomic mass is 19.4. The second-order valence-corrected chi connectivity index (χ2v) is 7.67. The molecule has 0 aliphatic rings. The van der Waals surface area contributed by atoms with Crippen molar-refractivity contribution in [3.8, 4) is 34.4 Å². The molecule has 0 radical (unpaired) electrons. The van der Waals surface area contributed by atoms with Gasteiger partial charge in [0.05, 0.1) is 5.56 Å². The highest BCUT2D eigenvalue weighted by Gasteiger charge is 2.24. The first-order valence-electron chi connectivity index (χ1n) is 10.4. The molecule has 0 amide bonds. The van der Waals surface area contributed by atoms with E-state index < -0.39 is 29.2 Å². The summed E-state index contributed by atoms with van der Waals surface area (Å²) >= 11 is 0. The Morgan fingerprint density at radius 3 is 2.26 bits per heavy atom. The monoisotopic (exact) mass is 482 g/mol. The fourth-order valence-electron chi connectivity index (χ4n) is 3.54. The molecule has 2 nitrogen and oxygen atoms in total. The highest BCUT2D eigenvalue weighted by molar-refractivity contribution is 5.89. The lowest BCUT2D eigenvalue weighted by Crippen LogP contribution is -2.02. The maximum atomic E-state index is 15.0. The molecule has 0 bridgehead atoms. The number of nitrogens with zero attached hydrogens (tertiary/aromatic N) is 2. The number of allylic oxidation sites excluding steroid dienone is 1. The van der Waals surface area contributed by atoms with E-state index in [1.54, 1.807) is 24.5 Å². The second-order valence-electron chi connectivity index (χ2n) is 7.67. The van der Waals surface area contributed by atoms with Gasteiger partial charge < -0.3 is 0 Å². The third-order valence-electron chi connectivity index (χ3n) is 5.24. The summed E-state index contributed by atoms with van der Waals surface area (Å²) in [5.74, 6) is -0.350. The van der Waals surface area contributed by atoms with Gasteiger partial charge in [-0.3, -0.25) is 0 Å². The molecule has 176 valence electrons. The van der Waals surface area contributed by atoms with Crippen LogP contribution < -0.4 is 0 Å². The number of aryl methyl sites for hydroxylation is 1. The van der Waals surface area contributed by atoms with E-state index in [1.165, 1.54) is 36.3 Å². The van der Waals surface area contributed by atoms with Gasteiger partial charge in [-0.15, -0.1) is 6.58 Å². The number of fused-ring (bicyclic) bond motifs is 1. The van der Waals surface area contributed by atoms with Gasteiger partial charge in [0.1, 0.15) is 17.5 Å². The molecule has 0 saturated carbocycles. The van der Waals surface area contributed by atoms with Crippen molar-refractivity contribution in [3.63, 3.8) is 0 Å². The van der Waals surface area contributed by atoms with E-state index in [0.717, 1.165) is 30.4 Å². The summed E-state index contributed by atoms with van der Waals surface area (Å²) in [5.41, 5.74) is 0.894. The summed E-state index contributed by atoms with van der Waals surface area (Å²) in [5, 5.41) is -0.0828. The predicted molar refractivity (Wildman–Crippen MR) is 122 cm³/mol. The van der Waals surface area contributed by atoms with E-state index in [9.17, 15) is 26.3 Å². The first-order valence-corrected chi connectivity index (χ1v) is 10.4. The average molecular weight is 482 g/mol. The van der Waals surface area contributed by atoms with Crippen LogP contribution in [0.5, 0.6) is 0 Å². The summed E-state index contributed by atoms with van der Waals surface area (Å²) in [4.78, 5) is 8.53. The van der Waals surface area contributed by atoms with E-state index in [4.69, 9.17) is 0 Å². The van der Waals surface area contributed by atoms with Crippen molar-refractivity contribution < 1.29 is 26.3 Å². The molecular formula is C27H16F6N2. The van der Waals surface area contributed by atoms with Crippen molar-refractivity contribution in [3.05, 3.63) is 96.1 Å². The highest BCUT2D eigenvalue weighted by Crippen LogP contribution is 2.31. The fourth-order valence-corrected chi connectivity index (χ4v) is 3.54. The molecule has 0 spiro atoms. The minimum absolute atomic E-state index is 0.0528. The molecule has 1 heterocycles. The summed E-state index contributed by atoms with van der Waals surface area (Å²) in [7, 11) is 0. The lowest BCUT2D eigenvalue weighted by molar-refractivity contribution is -0.0696. The number of halogens is 6. The van der Waals surface area contributed by atoms with Crippen molar-refractivity contribution >= 4 is 10.8 Å². The number of aromatic nitrogens is 2. The zero-order valence-corrected chi connectivity index (χ0v) is 18.1. The Kier molecular flexibility index (Phi) is 6.61. The molecule has 8 heteroatoms. The Morgan fingerprint density at radius 1 is 0.886 bits per heavy atom. The number of rotatable bonds is 5. The molecule has 0 N–H and O–H groups in total. The van der Waals surface area contributed by atoms with Gasteiger partial charge in [0.2, 0.25) is 0 Å². The van der Waals surface area contributed by atoms with Crippen LogP contribution in [0.2, 0.25) is 0 Å². The Morgan fingerprint density at radius 2 is 1.60 bits per heavy atom. The normalized spacial score (nSPS) is 11.3. The summed E-state index contributed by atoms with van der Waals surface area (Å²) in [6.45, 7) is 3.67. The summed E-state index contributed by atoms with van der Waals surface area (Å²) in [6, 6.07) is 9.25. The van der Waals surface area contributed by atoms with Gasteiger partial charge in [-0.1, -0.05) is 36.3 Å². The van der Waals surface area contributed by atoms with Crippen LogP contribution in [0.4, 0.5) is 26.3 Å². The van der Waals surface area contributed by atoms with Crippen LogP contribution in [-0.2, 0) is 6.42 Å². The molecule has 0 saturated heterocycles. The molecule has 0 fully saturated rings. The first-order chi connectivity index (χ1) is 16.7. The molecule has 3 aromatic carbocycles. The fraction of sp³-hybridized carbons (Fsp3) is 0.111. The minimum Gasteiger partial charge on any atom is -0.236 e. The summed E-state index contributed by atoms with van der Waals surface area (Å²) in [6.07, 6.45) is 1.76. The Labute approximate surface area is 197 Å². The van der Waals surface area contributed by atoms with E-state index in [-0.39, 0.29) is 16.3 Å². The Hall–Kier alpha value is -4.12. The molecule has 35 heavy (non-hydrogen) atoms. The zero-order valence-electron chi connectivity index (χ0n) is 18.1. The van der Waals surface area contributed by atoms with Gasteiger partial charge in [0.15, 0.2) is 5.82 Å². The quantitative estimate of drug-likeness (QED) is 0.168. The number of benzene rings is 3. The van der Waals surface area contributed by atoms with Gasteiger partial charge in [-0.05, 0) is 47.6 Å². The summed E-state index contributed by atoms with van der Waals surface area (Å²) < 4.78 is 80.9. The SMILES string of the molecule is C=CCCc1cnc(-c2ccc(-c3ccc4c(F)c(C#CC(F)(F)F)c(F)cc4c3)c(F)c2)nc1. The zero-order chi connectivity index (χ0) is 25.2. The third kappa shape index (κ3) is 5.35. The molecule has 0 unspecified atom stereocenters. The van der Waals surface area contributed by atoms with E-state index in [0.29, 0.717) is 17.0 Å². The molecule has 1 aromatic heterocycles. The van der Waals surface area contributed by atoms with E-state index in [2.05, 4.69) is 16.5 Å². The van der Waals surface area contributed by atoms with Gasteiger partial charge in [-0.2, -0.15) is 13.2 Å². The van der Waals surface area contributed by atoms with Crippen molar-refractivity contribution in [2.75, 3.05) is 0 Å². The topological polar surface area (TPSA) is 25.8 Å². The van der Waals surface area contributed by atoms with Crippen LogP contribution in [0.25, 0.3) is 33.3 Å². The number of alkyl halides is 3. The third-order valence-corrected chi connectivity index (χ3v) is 5.24. The molecule has 4 aromatic rings. The van der Waals surface area contributed by atoms with Crippen LogP contribution in [0.3, 0.4) is 0 Å². The van der Waals surface area contributed by atoms with Crippen molar-refractivity contribution in [1.82, 2.24) is 9.97 Å². The van der Waals surface area contributed by atoms with Crippen LogP contribution in [-0.4, -0.2) is 16.1 Å². The van der Waals surface area contributed by atoms with E-state index in [1.807, 2.05) is 0 Å². The van der Waals surface area contributed by atoms with Crippen molar-refractivity contribution in [1.29, 1.82) is 0 Å². The smallest absolute Gasteiger partial charge is 0.236 e. The molecular weight excluding hydrogens is 466 g/mol. The maximum Gasteiger partial charge on any atom is 0.458 e. The average Bonchev–Trinajstić information content (AvgIpc) is 2.82.